The van der Waals surface area contributed by atoms with Crippen LogP contribution in [-0.2, 0) is 0 Å². The Morgan fingerprint density at radius 2 is 2.17 bits per heavy atom. The SMILES string of the molecule is C=C/N=N\C=N. The molecule has 0 aliphatic rings. The highest BCUT2D eigenvalue weighted by molar-refractivity contribution is 5.49. The van der Waals surface area contributed by atoms with Gasteiger partial charge in [0.15, 0.2) is 0 Å². The van der Waals surface area contributed by atoms with Crippen LogP contribution < -0.4 is 0 Å². The first-order valence-corrected chi connectivity index (χ1v) is 1.41. The fourth-order valence-electron chi connectivity index (χ4n) is 0.0805. The predicted octanol–water partition coefficient (Wildman–Crippen LogP) is 1.19. The minimum absolute atomic E-state index is 0.849. The molecule has 1 N–H and O–H groups in total. The summed E-state index contributed by atoms with van der Waals surface area (Å²) in [5, 5.41) is 12.6. The summed E-state index contributed by atoms with van der Waals surface area (Å²) in [7, 11) is 0. The van der Waals surface area contributed by atoms with Gasteiger partial charge >= 0.3 is 0 Å². The van der Waals surface area contributed by atoms with Crippen molar-refractivity contribution in [2.24, 2.45) is 10.2 Å². The summed E-state index contributed by atoms with van der Waals surface area (Å²) in [5.74, 6) is 0. The molecular formula is C3H5N3. The summed E-state index contributed by atoms with van der Waals surface area (Å²) in [6.45, 7) is 3.23. The van der Waals surface area contributed by atoms with Crippen molar-refractivity contribution >= 4 is 6.34 Å². The van der Waals surface area contributed by atoms with Crippen LogP contribution in [0.4, 0.5) is 0 Å². The van der Waals surface area contributed by atoms with E-state index in [0.717, 1.165) is 6.34 Å². The van der Waals surface area contributed by atoms with Crippen molar-refractivity contribution in [3.63, 3.8) is 0 Å². The average molecular weight is 83.1 g/mol. The van der Waals surface area contributed by atoms with Crippen LogP contribution in [0.5, 0.6) is 0 Å². The number of rotatable bonds is 2. The Hall–Kier alpha value is -0.990. The fourth-order valence-corrected chi connectivity index (χ4v) is 0.0805. The van der Waals surface area contributed by atoms with Gasteiger partial charge in [-0.1, -0.05) is 6.58 Å². The normalized spacial score (nSPS) is 8.67. The van der Waals surface area contributed by atoms with E-state index in [0.29, 0.717) is 0 Å². The van der Waals surface area contributed by atoms with E-state index in [9.17, 15) is 0 Å². The number of azo groups is 1. The number of nitrogens with one attached hydrogen (secondary N) is 1. The zero-order valence-corrected chi connectivity index (χ0v) is 3.26. The summed E-state index contributed by atoms with van der Waals surface area (Å²) in [6.07, 6.45) is 2.12. The van der Waals surface area contributed by atoms with Crippen LogP contribution in [0.1, 0.15) is 0 Å². The Labute approximate surface area is 35.9 Å². The number of hydrogen-bond donors (Lipinski definition) is 1. The molecule has 0 radical (unpaired) electrons. The third kappa shape index (κ3) is 3.01. The average Bonchev–Trinajstić information content (AvgIpc) is 1.61. The molecule has 0 aliphatic heterocycles. The molecule has 0 rings (SSSR count). The van der Waals surface area contributed by atoms with Crippen molar-refractivity contribution in [3.05, 3.63) is 12.8 Å². The zero-order chi connectivity index (χ0) is 4.83. The van der Waals surface area contributed by atoms with Crippen molar-refractivity contribution < 1.29 is 0 Å². The molecule has 0 unspecified atom stereocenters. The van der Waals surface area contributed by atoms with Gasteiger partial charge in [0.25, 0.3) is 0 Å². The van der Waals surface area contributed by atoms with Crippen molar-refractivity contribution in [1.82, 2.24) is 0 Å². The molecule has 0 aromatic carbocycles. The maximum atomic E-state index is 6.27. The summed E-state index contributed by atoms with van der Waals surface area (Å²) in [6, 6.07) is 0. The molecule has 3 heteroatoms. The van der Waals surface area contributed by atoms with E-state index in [4.69, 9.17) is 5.41 Å². The van der Waals surface area contributed by atoms with Crippen molar-refractivity contribution in [2.45, 2.75) is 0 Å². The maximum Gasteiger partial charge on any atom is 0.129 e. The molecule has 6 heavy (non-hydrogen) atoms. The molecule has 3 nitrogen and oxygen atoms in total. The lowest BCUT2D eigenvalue weighted by Gasteiger charge is -1.60. The van der Waals surface area contributed by atoms with Gasteiger partial charge in [-0.05, 0) is 0 Å². The van der Waals surface area contributed by atoms with E-state index in [-0.39, 0.29) is 0 Å². The number of nitrogens with zero attached hydrogens (tertiary/aromatic N) is 2. The molecule has 0 amide bonds. The fraction of sp³-hybridized carbons (Fsp3) is 0. The third-order valence-electron chi connectivity index (χ3n) is 0.206. The molecule has 32 valence electrons. The molecule has 0 saturated heterocycles. The smallest absolute Gasteiger partial charge is 0.129 e. The van der Waals surface area contributed by atoms with Crippen LogP contribution in [0.15, 0.2) is 23.0 Å². The first kappa shape index (κ1) is 5.01. The van der Waals surface area contributed by atoms with Crippen molar-refractivity contribution in [1.29, 1.82) is 5.41 Å². The molecule has 0 aliphatic carbocycles. The maximum absolute atomic E-state index is 6.27. The minimum Gasteiger partial charge on any atom is -0.288 e. The van der Waals surface area contributed by atoms with E-state index in [1.165, 1.54) is 6.20 Å². The van der Waals surface area contributed by atoms with Gasteiger partial charge in [-0.15, -0.1) is 5.11 Å². The van der Waals surface area contributed by atoms with Gasteiger partial charge in [-0.25, -0.2) is 0 Å². The van der Waals surface area contributed by atoms with Crippen LogP contribution >= 0.6 is 0 Å². The molecule has 0 heterocycles. The first-order chi connectivity index (χ1) is 2.91. The van der Waals surface area contributed by atoms with E-state index in [2.05, 4.69) is 16.8 Å². The molecule has 0 bridgehead atoms. The lowest BCUT2D eigenvalue weighted by Crippen LogP contribution is -1.48. The topological polar surface area (TPSA) is 48.6 Å². The summed E-state index contributed by atoms with van der Waals surface area (Å²) in [5.41, 5.74) is 0. The lowest BCUT2D eigenvalue weighted by atomic mass is 11.1. The van der Waals surface area contributed by atoms with Crippen molar-refractivity contribution in [2.75, 3.05) is 0 Å². The van der Waals surface area contributed by atoms with Gasteiger partial charge in [0.1, 0.15) is 6.34 Å². The summed E-state index contributed by atoms with van der Waals surface area (Å²) >= 11 is 0. The predicted molar refractivity (Wildman–Crippen MR) is 23.8 cm³/mol. The standard InChI is InChI=1S/C3H5N3/c1-2-5-6-3-4/h2-4H,1H2/b4-3?,6-5-. The Morgan fingerprint density at radius 3 is 2.33 bits per heavy atom. The monoisotopic (exact) mass is 83.0 g/mol. The summed E-state index contributed by atoms with van der Waals surface area (Å²) < 4.78 is 0. The Bertz CT molecular complexity index is 64.1. The second kappa shape index (κ2) is 4.01. The second-order valence-corrected chi connectivity index (χ2v) is 0.543. The molecule has 0 atom stereocenters. The Kier molecular flexibility index (Phi) is 3.35. The Balaban J connectivity index is 3.17. The minimum atomic E-state index is 0.849. The molecule has 0 fully saturated rings. The Morgan fingerprint density at radius 1 is 1.50 bits per heavy atom. The third-order valence-corrected chi connectivity index (χ3v) is 0.206. The molecule has 0 aromatic rings. The van der Waals surface area contributed by atoms with Gasteiger partial charge in [0.05, 0.1) is 0 Å². The molecule has 0 aromatic heterocycles. The van der Waals surface area contributed by atoms with Gasteiger partial charge in [-0.2, -0.15) is 5.11 Å². The highest BCUT2D eigenvalue weighted by Gasteiger charge is 1.48. The van der Waals surface area contributed by atoms with Crippen LogP contribution in [0.3, 0.4) is 0 Å². The highest BCUT2D eigenvalue weighted by Crippen LogP contribution is 1.65. The van der Waals surface area contributed by atoms with Crippen LogP contribution in [0.25, 0.3) is 0 Å². The quantitative estimate of drug-likeness (QED) is 0.296. The zero-order valence-electron chi connectivity index (χ0n) is 3.26. The largest absolute Gasteiger partial charge is 0.288 e. The van der Waals surface area contributed by atoms with Gasteiger partial charge in [0, 0.05) is 6.20 Å². The highest BCUT2D eigenvalue weighted by atomic mass is 15.1. The summed E-state index contributed by atoms with van der Waals surface area (Å²) in [4.78, 5) is 0. The second-order valence-electron chi connectivity index (χ2n) is 0.543. The molecular weight excluding hydrogens is 78.1 g/mol. The molecule has 0 spiro atoms. The van der Waals surface area contributed by atoms with Crippen LogP contribution in [0.2, 0.25) is 0 Å². The van der Waals surface area contributed by atoms with E-state index in [1.807, 2.05) is 0 Å². The number of hydrogen-bond acceptors (Lipinski definition) is 2. The van der Waals surface area contributed by atoms with Crippen molar-refractivity contribution in [3.8, 4) is 0 Å². The van der Waals surface area contributed by atoms with E-state index in [1.54, 1.807) is 0 Å². The van der Waals surface area contributed by atoms with Crippen LogP contribution in [0, 0.1) is 5.41 Å². The van der Waals surface area contributed by atoms with Gasteiger partial charge in [0.2, 0.25) is 0 Å². The van der Waals surface area contributed by atoms with Gasteiger partial charge < -0.3 is 0 Å². The molecule has 0 saturated carbocycles. The van der Waals surface area contributed by atoms with Crippen LogP contribution in [-0.4, -0.2) is 6.34 Å². The van der Waals surface area contributed by atoms with E-state index >= 15 is 0 Å². The van der Waals surface area contributed by atoms with Gasteiger partial charge in [-0.3, -0.25) is 5.41 Å². The first-order valence-electron chi connectivity index (χ1n) is 1.41. The van der Waals surface area contributed by atoms with E-state index < -0.39 is 0 Å². The lowest BCUT2D eigenvalue weighted by molar-refractivity contribution is 1.28.